The van der Waals surface area contributed by atoms with Gasteiger partial charge in [0.1, 0.15) is 0 Å². The van der Waals surface area contributed by atoms with E-state index in [1.807, 2.05) is 4.90 Å². The van der Waals surface area contributed by atoms with Crippen LogP contribution in [0.5, 0.6) is 0 Å². The number of nitrogens with one attached hydrogen (secondary N) is 1. The molecule has 0 spiro atoms. The number of halogens is 1. The van der Waals surface area contributed by atoms with Gasteiger partial charge in [0.25, 0.3) is 0 Å². The molecule has 1 amide bonds. The van der Waals surface area contributed by atoms with Crippen molar-refractivity contribution in [2.24, 2.45) is 5.92 Å². The van der Waals surface area contributed by atoms with Crippen molar-refractivity contribution >= 4 is 18.3 Å². The first kappa shape index (κ1) is 15.7. The van der Waals surface area contributed by atoms with Crippen LogP contribution in [-0.2, 0) is 4.79 Å². The van der Waals surface area contributed by atoms with Gasteiger partial charge >= 0.3 is 0 Å². The average molecular weight is 249 g/mol. The van der Waals surface area contributed by atoms with Crippen molar-refractivity contribution in [2.45, 2.75) is 52.6 Å². The van der Waals surface area contributed by atoms with Crippen LogP contribution < -0.4 is 5.32 Å². The Kier molecular flexibility index (Phi) is 7.00. The van der Waals surface area contributed by atoms with Gasteiger partial charge in [-0.3, -0.25) is 4.79 Å². The number of nitrogens with zero attached hydrogens (tertiary/aromatic N) is 1. The predicted molar refractivity (Wildman–Crippen MR) is 70.0 cm³/mol. The van der Waals surface area contributed by atoms with Crippen molar-refractivity contribution in [1.29, 1.82) is 0 Å². The Bertz CT molecular complexity index is 221. The molecule has 1 saturated heterocycles. The molecule has 0 aromatic rings. The van der Waals surface area contributed by atoms with Gasteiger partial charge in [-0.2, -0.15) is 0 Å². The lowest BCUT2D eigenvalue weighted by atomic mass is 9.91. The van der Waals surface area contributed by atoms with E-state index in [2.05, 4.69) is 33.0 Å². The minimum atomic E-state index is 0. The average Bonchev–Trinajstić information content (AvgIpc) is 2.18. The zero-order chi connectivity index (χ0) is 11.4. The molecule has 3 nitrogen and oxygen atoms in total. The molecule has 1 heterocycles. The van der Waals surface area contributed by atoms with Crippen LogP contribution in [-0.4, -0.2) is 36.0 Å². The standard InChI is InChI=1S/C12H24N2O.ClH/c1-5-14(9(2)3)12(15)11-6-7-13-10(4)8-11;/h9-11,13H,5-8H2,1-4H3;1H/t10-,11-;/m0./s1. The van der Waals surface area contributed by atoms with Crippen LogP contribution in [0.1, 0.15) is 40.5 Å². The Morgan fingerprint density at radius 1 is 1.50 bits per heavy atom. The zero-order valence-corrected chi connectivity index (χ0v) is 11.6. The minimum absolute atomic E-state index is 0. The van der Waals surface area contributed by atoms with Gasteiger partial charge in [0.2, 0.25) is 5.91 Å². The van der Waals surface area contributed by atoms with Gasteiger partial charge in [-0.1, -0.05) is 0 Å². The third kappa shape index (κ3) is 3.95. The SMILES string of the molecule is CCN(C(=O)[C@H]1CCN[C@@H](C)C1)C(C)C.Cl. The lowest BCUT2D eigenvalue weighted by Gasteiger charge is -2.33. The lowest BCUT2D eigenvalue weighted by Crippen LogP contribution is -2.46. The molecule has 0 bridgehead atoms. The van der Waals surface area contributed by atoms with E-state index >= 15 is 0 Å². The topological polar surface area (TPSA) is 32.3 Å². The van der Waals surface area contributed by atoms with E-state index in [0.29, 0.717) is 18.0 Å². The van der Waals surface area contributed by atoms with Crippen LogP contribution in [0, 0.1) is 5.92 Å². The van der Waals surface area contributed by atoms with Crippen molar-refractivity contribution in [3.63, 3.8) is 0 Å². The summed E-state index contributed by atoms with van der Waals surface area (Å²) >= 11 is 0. The molecule has 16 heavy (non-hydrogen) atoms. The predicted octanol–water partition coefficient (Wildman–Crippen LogP) is 2.05. The maximum atomic E-state index is 12.2. The fourth-order valence-corrected chi connectivity index (χ4v) is 2.37. The normalized spacial score (nSPS) is 25.1. The second-order valence-electron chi connectivity index (χ2n) is 4.79. The summed E-state index contributed by atoms with van der Waals surface area (Å²) in [5.74, 6) is 0.587. The number of carbonyl (C=O) groups excluding carboxylic acids is 1. The Morgan fingerprint density at radius 3 is 2.56 bits per heavy atom. The molecular weight excluding hydrogens is 224 g/mol. The van der Waals surface area contributed by atoms with Gasteiger partial charge in [0, 0.05) is 24.5 Å². The number of piperidine rings is 1. The summed E-state index contributed by atoms with van der Waals surface area (Å²) in [4.78, 5) is 14.2. The molecule has 0 saturated carbocycles. The van der Waals surface area contributed by atoms with E-state index in [1.165, 1.54) is 0 Å². The third-order valence-corrected chi connectivity index (χ3v) is 3.22. The third-order valence-electron chi connectivity index (χ3n) is 3.22. The summed E-state index contributed by atoms with van der Waals surface area (Å²) in [7, 11) is 0. The molecule has 1 N–H and O–H groups in total. The van der Waals surface area contributed by atoms with Crippen molar-refractivity contribution in [2.75, 3.05) is 13.1 Å². The molecule has 0 radical (unpaired) electrons. The number of amides is 1. The molecule has 96 valence electrons. The maximum Gasteiger partial charge on any atom is 0.226 e. The highest BCUT2D eigenvalue weighted by Gasteiger charge is 2.28. The van der Waals surface area contributed by atoms with Gasteiger partial charge in [0.15, 0.2) is 0 Å². The Morgan fingerprint density at radius 2 is 2.12 bits per heavy atom. The molecule has 0 aliphatic carbocycles. The monoisotopic (exact) mass is 248 g/mol. The highest BCUT2D eigenvalue weighted by Crippen LogP contribution is 2.19. The molecule has 4 heteroatoms. The second-order valence-corrected chi connectivity index (χ2v) is 4.79. The van der Waals surface area contributed by atoms with E-state index in [-0.39, 0.29) is 18.3 Å². The van der Waals surface area contributed by atoms with Crippen molar-refractivity contribution in [1.82, 2.24) is 10.2 Å². The highest BCUT2D eigenvalue weighted by atomic mass is 35.5. The summed E-state index contributed by atoms with van der Waals surface area (Å²) in [5, 5.41) is 3.38. The van der Waals surface area contributed by atoms with Crippen LogP contribution in [0.2, 0.25) is 0 Å². The molecule has 0 aromatic heterocycles. The summed E-state index contributed by atoms with van der Waals surface area (Å²) in [6.07, 6.45) is 1.98. The number of hydrogen-bond acceptors (Lipinski definition) is 2. The van der Waals surface area contributed by atoms with Crippen LogP contribution >= 0.6 is 12.4 Å². The summed E-state index contributed by atoms with van der Waals surface area (Å²) < 4.78 is 0. The van der Waals surface area contributed by atoms with Gasteiger partial charge < -0.3 is 10.2 Å². The fourth-order valence-electron chi connectivity index (χ4n) is 2.37. The fraction of sp³-hybridized carbons (Fsp3) is 0.917. The summed E-state index contributed by atoms with van der Waals surface area (Å²) in [6, 6.07) is 0.811. The van der Waals surface area contributed by atoms with Crippen LogP contribution in [0.3, 0.4) is 0 Å². The first-order chi connectivity index (χ1) is 7.06. The van der Waals surface area contributed by atoms with Gasteiger partial charge in [-0.25, -0.2) is 0 Å². The quantitative estimate of drug-likeness (QED) is 0.829. The van der Waals surface area contributed by atoms with Crippen molar-refractivity contribution < 1.29 is 4.79 Å². The van der Waals surface area contributed by atoms with Crippen LogP contribution in [0.4, 0.5) is 0 Å². The van der Waals surface area contributed by atoms with Crippen LogP contribution in [0.15, 0.2) is 0 Å². The first-order valence-electron chi connectivity index (χ1n) is 6.10. The summed E-state index contributed by atoms with van der Waals surface area (Å²) in [5.41, 5.74) is 0. The van der Waals surface area contributed by atoms with E-state index in [0.717, 1.165) is 25.9 Å². The number of carbonyl (C=O) groups is 1. The van der Waals surface area contributed by atoms with Crippen LogP contribution in [0.25, 0.3) is 0 Å². The number of rotatable bonds is 3. The van der Waals surface area contributed by atoms with Gasteiger partial charge in [-0.05, 0) is 47.1 Å². The molecule has 1 fully saturated rings. The van der Waals surface area contributed by atoms with Gasteiger partial charge in [-0.15, -0.1) is 12.4 Å². The summed E-state index contributed by atoms with van der Waals surface area (Å²) in [6.45, 7) is 10.2. The Balaban J connectivity index is 0.00000225. The Hall–Kier alpha value is -0.280. The van der Waals surface area contributed by atoms with Crippen molar-refractivity contribution in [3.8, 4) is 0 Å². The zero-order valence-electron chi connectivity index (χ0n) is 10.8. The van der Waals surface area contributed by atoms with E-state index < -0.39 is 0 Å². The molecule has 1 aliphatic rings. The van der Waals surface area contributed by atoms with E-state index in [1.54, 1.807) is 0 Å². The smallest absolute Gasteiger partial charge is 0.226 e. The maximum absolute atomic E-state index is 12.2. The highest BCUT2D eigenvalue weighted by molar-refractivity contribution is 5.85. The minimum Gasteiger partial charge on any atom is -0.340 e. The largest absolute Gasteiger partial charge is 0.340 e. The second kappa shape index (κ2) is 7.13. The van der Waals surface area contributed by atoms with Gasteiger partial charge in [0.05, 0.1) is 0 Å². The molecular formula is C12H25ClN2O. The molecule has 1 aliphatic heterocycles. The molecule has 0 aromatic carbocycles. The molecule has 1 rings (SSSR count). The van der Waals surface area contributed by atoms with E-state index in [9.17, 15) is 4.79 Å². The number of hydrogen-bond donors (Lipinski definition) is 1. The van der Waals surface area contributed by atoms with E-state index in [4.69, 9.17) is 0 Å². The molecule has 0 unspecified atom stereocenters. The molecule has 2 atom stereocenters. The first-order valence-corrected chi connectivity index (χ1v) is 6.10. The Labute approximate surface area is 105 Å². The lowest BCUT2D eigenvalue weighted by molar-refractivity contribution is -0.138. The van der Waals surface area contributed by atoms with Crippen molar-refractivity contribution in [3.05, 3.63) is 0 Å².